The molecule has 0 saturated heterocycles. The number of benzene rings is 3. The monoisotopic (exact) mass is 463 g/mol. The number of carbonyl (C=O) groups is 1. The molecule has 0 radical (unpaired) electrons. The summed E-state index contributed by atoms with van der Waals surface area (Å²) < 4.78 is 30.6. The molecular weight excluding hydrogens is 433 g/mol. The van der Waals surface area contributed by atoms with Crippen molar-refractivity contribution < 1.29 is 23.4 Å². The van der Waals surface area contributed by atoms with Crippen LogP contribution in [0.25, 0.3) is 0 Å². The molecule has 0 fully saturated rings. The maximum atomic E-state index is 13.2. The Morgan fingerprint density at radius 1 is 1.03 bits per heavy atom. The summed E-state index contributed by atoms with van der Waals surface area (Å²) in [4.78, 5) is 12.0. The van der Waals surface area contributed by atoms with Gasteiger partial charge < -0.3 is 19.5 Å². The van der Waals surface area contributed by atoms with Crippen LogP contribution >= 0.6 is 0 Å². The van der Waals surface area contributed by atoms with E-state index in [4.69, 9.17) is 14.2 Å². The highest BCUT2D eigenvalue weighted by atomic mass is 19.1. The molecule has 3 aromatic carbocycles. The van der Waals surface area contributed by atoms with Crippen molar-refractivity contribution >= 4 is 11.7 Å². The van der Waals surface area contributed by atoms with Crippen molar-refractivity contribution in [3.63, 3.8) is 0 Å². The molecule has 34 heavy (non-hydrogen) atoms. The Hall–Kier alpha value is -3.54. The molecular formula is C28H30FNO4. The summed E-state index contributed by atoms with van der Waals surface area (Å²) in [5.41, 5.74) is 4.42. The number of anilines is 1. The van der Waals surface area contributed by atoms with Gasteiger partial charge in [0.05, 0.1) is 13.2 Å². The summed E-state index contributed by atoms with van der Waals surface area (Å²) in [6.45, 7) is 7.95. The second-order valence-corrected chi connectivity index (χ2v) is 9.30. The molecule has 0 aromatic heterocycles. The van der Waals surface area contributed by atoms with E-state index in [-0.39, 0.29) is 17.8 Å². The van der Waals surface area contributed by atoms with Gasteiger partial charge in [-0.2, -0.15) is 0 Å². The van der Waals surface area contributed by atoms with Crippen LogP contribution in [0.15, 0.2) is 60.7 Å². The zero-order chi connectivity index (χ0) is 24.5. The Morgan fingerprint density at radius 3 is 2.44 bits per heavy atom. The van der Waals surface area contributed by atoms with Crippen LogP contribution in [0.3, 0.4) is 0 Å². The first-order valence-corrected chi connectivity index (χ1v) is 11.3. The molecule has 1 aliphatic rings. The Kier molecular flexibility index (Phi) is 6.51. The second-order valence-electron chi connectivity index (χ2n) is 9.30. The molecule has 6 heteroatoms. The fourth-order valence-corrected chi connectivity index (χ4v) is 4.54. The van der Waals surface area contributed by atoms with Gasteiger partial charge in [-0.3, -0.25) is 4.79 Å². The summed E-state index contributed by atoms with van der Waals surface area (Å²) in [7, 11) is 1.60. The summed E-state index contributed by atoms with van der Waals surface area (Å²) in [6.07, 6.45) is -0.411. The number of ether oxygens (including phenoxy) is 3. The van der Waals surface area contributed by atoms with Gasteiger partial charge in [-0.1, -0.05) is 49.7 Å². The second kappa shape index (κ2) is 9.37. The lowest BCUT2D eigenvalue weighted by atomic mass is 9.70. The highest BCUT2D eigenvalue weighted by molar-refractivity contribution is 5.68. The number of nitrogens with one attached hydrogen (secondary N) is 1. The fourth-order valence-electron chi connectivity index (χ4n) is 4.54. The van der Waals surface area contributed by atoms with Crippen LogP contribution in [0.2, 0.25) is 0 Å². The van der Waals surface area contributed by atoms with Crippen LogP contribution in [0.1, 0.15) is 55.2 Å². The molecule has 4 rings (SSSR count). The van der Waals surface area contributed by atoms with Crippen molar-refractivity contribution in [1.82, 2.24) is 0 Å². The lowest BCUT2D eigenvalue weighted by Gasteiger charge is -2.46. The van der Waals surface area contributed by atoms with Crippen LogP contribution in [-0.4, -0.2) is 13.1 Å². The van der Waals surface area contributed by atoms with Crippen molar-refractivity contribution in [3.05, 3.63) is 88.7 Å². The molecule has 1 aliphatic heterocycles. The number of hydrogen-bond donors (Lipinski definition) is 1. The van der Waals surface area contributed by atoms with Gasteiger partial charge in [0.15, 0.2) is 11.5 Å². The van der Waals surface area contributed by atoms with Crippen LogP contribution < -0.4 is 14.8 Å². The topological polar surface area (TPSA) is 56.8 Å². The number of carbonyl (C=O) groups excluding carboxylic acids is 1. The maximum absolute atomic E-state index is 13.2. The lowest BCUT2D eigenvalue weighted by molar-refractivity contribution is -0.154. The SMILES string of the molecule is COc1cc([C@@H]2Nc3ccc(C)cc3[C@@H](OC(C)=O)C2(C)C)ccc1OCc1ccc(F)cc1. The Morgan fingerprint density at radius 2 is 1.76 bits per heavy atom. The van der Waals surface area contributed by atoms with E-state index >= 15 is 0 Å². The van der Waals surface area contributed by atoms with Crippen molar-refractivity contribution in [2.24, 2.45) is 5.41 Å². The molecule has 2 atom stereocenters. The molecule has 1 N–H and O–H groups in total. The van der Waals surface area contributed by atoms with Gasteiger partial charge in [0.1, 0.15) is 18.5 Å². The van der Waals surface area contributed by atoms with E-state index in [1.54, 1.807) is 19.2 Å². The third kappa shape index (κ3) is 4.72. The molecule has 0 bridgehead atoms. The number of hydrogen-bond acceptors (Lipinski definition) is 5. The average Bonchev–Trinajstić information content (AvgIpc) is 2.80. The number of rotatable bonds is 6. The zero-order valence-corrected chi connectivity index (χ0v) is 20.1. The molecule has 178 valence electrons. The zero-order valence-electron chi connectivity index (χ0n) is 20.1. The molecule has 1 heterocycles. The van der Waals surface area contributed by atoms with Crippen molar-refractivity contribution in [1.29, 1.82) is 0 Å². The minimum atomic E-state index is -0.450. The van der Waals surface area contributed by atoms with Gasteiger partial charge in [-0.25, -0.2) is 4.39 Å². The Balaban J connectivity index is 1.65. The van der Waals surface area contributed by atoms with Gasteiger partial charge >= 0.3 is 5.97 Å². The van der Waals surface area contributed by atoms with E-state index in [9.17, 15) is 9.18 Å². The Bertz CT molecular complexity index is 1190. The van der Waals surface area contributed by atoms with E-state index < -0.39 is 11.5 Å². The maximum Gasteiger partial charge on any atom is 0.303 e. The van der Waals surface area contributed by atoms with Crippen molar-refractivity contribution in [2.45, 2.75) is 46.4 Å². The first kappa shape index (κ1) is 23.6. The summed E-state index contributed by atoms with van der Waals surface area (Å²) in [6, 6.07) is 18.0. The van der Waals surface area contributed by atoms with Gasteiger partial charge in [-0.05, 0) is 48.4 Å². The highest BCUT2D eigenvalue weighted by Crippen LogP contribution is 2.54. The van der Waals surface area contributed by atoms with Crippen LogP contribution in [0.4, 0.5) is 10.1 Å². The van der Waals surface area contributed by atoms with E-state index in [0.717, 1.165) is 27.9 Å². The fraction of sp³-hybridized carbons (Fsp3) is 0.321. The van der Waals surface area contributed by atoms with E-state index in [1.807, 2.05) is 37.3 Å². The lowest BCUT2D eigenvalue weighted by Crippen LogP contribution is -2.40. The number of halogens is 1. The van der Waals surface area contributed by atoms with Gasteiger partial charge in [-0.15, -0.1) is 0 Å². The van der Waals surface area contributed by atoms with E-state index in [1.165, 1.54) is 19.1 Å². The molecule has 0 spiro atoms. The standard InChI is InChI=1S/C28H30FNO4/c1-17-6-12-23-22(14-17)27(34-18(2)31)28(3,4)26(30-23)20-9-13-24(25(15-20)32-5)33-16-19-7-10-21(29)11-8-19/h6-15,26-27,30H,16H2,1-5H3/t26-,27+/m0/s1. The minimum absolute atomic E-state index is 0.146. The summed E-state index contributed by atoms with van der Waals surface area (Å²) in [5.74, 6) is 0.595. The molecule has 0 amide bonds. The third-order valence-corrected chi connectivity index (χ3v) is 6.32. The van der Waals surface area contributed by atoms with Crippen molar-refractivity contribution in [3.8, 4) is 11.5 Å². The number of aryl methyl sites for hydroxylation is 1. The smallest absolute Gasteiger partial charge is 0.303 e. The van der Waals surface area contributed by atoms with Gasteiger partial charge in [0.2, 0.25) is 0 Å². The van der Waals surface area contributed by atoms with Gasteiger partial charge in [0.25, 0.3) is 0 Å². The predicted molar refractivity (Wildman–Crippen MR) is 130 cm³/mol. The van der Waals surface area contributed by atoms with Crippen LogP contribution in [0, 0.1) is 18.2 Å². The minimum Gasteiger partial charge on any atom is -0.493 e. The predicted octanol–water partition coefficient (Wildman–Crippen LogP) is 6.52. The highest BCUT2D eigenvalue weighted by Gasteiger charge is 2.46. The summed E-state index contributed by atoms with van der Waals surface area (Å²) >= 11 is 0. The molecule has 0 saturated carbocycles. The van der Waals surface area contributed by atoms with Crippen LogP contribution in [-0.2, 0) is 16.1 Å². The molecule has 0 aliphatic carbocycles. The largest absolute Gasteiger partial charge is 0.493 e. The molecule has 3 aromatic rings. The number of fused-ring (bicyclic) bond motifs is 1. The quantitative estimate of drug-likeness (QED) is 0.422. The first-order valence-electron chi connectivity index (χ1n) is 11.3. The van der Waals surface area contributed by atoms with E-state index in [2.05, 4.69) is 25.2 Å². The molecule has 5 nitrogen and oxygen atoms in total. The number of esters is 1. The Labute approximate surface area is 199 Å². The normalized spacial score (nSPS) is 18.4. The first-order chi connectivity index (χ1) is 16.2. The van der Waals surface area contributed by atoms with E-state index in [0.29, 0.717) is 18.1 Å². The van der Waals surface area contributed by atoms with Crippen LogP contribution in [0.5, 0.6) is 11.5 Å². The number of methoxy groups -OCH3 is 1. The molecule has 0 unspecified atom stereocenters. The summed E-state index contributed by atoms with van der Waals surface area (Å²) in [5, 5.41) is 3.64. The van der Waals surface area contributed by atoms with Gasteiger partial charge in [0, 0.05) is 23.6 Å². The van der Waals surface area contributed by atoms with Crippen molar-refractivity contribution in [2.75, 3.05) is 12.4 Å². The average molecular weight is 464 g/mol. The third-order valence-electron chi connectivity index (χ3n) is 6.32.